The first kappa shape index (κ1) is 21.5. The Morgan fingerprint density at radius 3 is 2.17 bits per heavy atom. The highest BCUT2D eigenvalue weighted by Crippen LogP contribution is 2.22. The standard InChI is InChI=1S/C21H26N6O3/c1-14(18(28)17-19(23)24(2)21(30)25(3)20(17)29)26-9-11-27(12-10-26)16(13-22)15-7-5-4-6-8-15/h4-8,14,16H,9-12,23H2,1-3H3. The number of piperazine rings is 1. The van der Waals surface area contributed by atoms with Crippen molar-refractivity contribution in [2.45, 2.75) is 19.0 Å². The molecule has 1 aromatic heterocycles. The van der Waals surface area contributed by atoms with E-state index in [1.54, 1.807) is 6.92 Å². The summed E-state index contributed by atoms with van der Waals surface area (Å²) in [6.07, 6.45) is 0. The van der Waals surface area contributed by atoms with Gasteiger partial charge in [-0.1, -0.05) is 30.3 Å². The number of rotatable bonds is 5. The first-order valence-electron chi connectivity index (χ1n) is 9.80. The van der Waals surface area contributed by atoms with E-state index in [0.29, 0.717) is 26.2 Å². The number of ketones is 1. The Labute approximate surface area is 174 Å². The monoisotopic (exact) mass is 410 g/mol. The molecule has 2 unspecified atom stereocenters. The topological polar surface area (TPSA) is 117 Å². The van der Waals surface area contributed by atoms with Crippen LogP contribution in [0.25, 0.3) is 0 Å². The summed E-state index contributed by atoms with van der Waals surface area (Å²) >= 11 is 0. The number of nitrogens with zero attached hydrogens (tertiary/aromatic N) is 5. The van der Waals surface area contributed by atoms with Gasteiger partial charge in [-0.2, -0.15) is 5.26 Å². The summed E-state index contributed by atoms with van der Waals surface area (Å²) in [5, 5.41) is 9.64. The van der Waals surface area contributed by atoms with Gasteiger partial charge in [0.1, 0.15) is 17.4 Å². The number of hydrogen-bond acceptors (Lipinski definition) is 7. The number of carbonyl (C=O) groups is 1. The van der Waals surface area contributed by atoms with Crippen LogP contribution >= 0.6 is 0 Å². The first-order chi connectivity index (χ1) is 14.3. The minimum absolute atomic E-state index is 0.118. The quantitative estimate of drug-likeness (QED) is 0.696. The van der Waals surface area contributed by atoms with E-state index in [9.17, 15) is 19.6 Å². The Morgan fingerprint density at radius 1 is 1.03 bits per heavy atom. The largest absolute Gasteiger partial charge is 0.384 e. The molecule has 0 aliphatic carbocycles. The van der Waals surface area contributed by atoms with Gasteiger partial charge in [-0.25, -0.2) is 4.79 Å². The summed E-state index contributed by atoms with van der Waals surface area (Å²) < 4.78 is 2.00. The second-order valence-corrected chi connectivity index (χ2v) is 7.52. The molecule has 0 amide bonds. The SMILES string of the molecule is CC(C(=O)c1c(N)n(C)c(=O)n(C)c1=O)N1CCN(C(C#N)c2ccccc2)CC1. The van der Waals surface area contributed by atoms with Crippen molar-refractivity contribution < 1.29 is 4.79 Å². The molecule has 9 heteroatoms. The molecule has 158 valence electrons. The lowest BCUT2D eigenvalue weighted by Crippen LogP contribution is -2.53. The highest BCUT2D eigenvalue weighted by atomic mass is 16.2. The van der Waals surface area contributed by atoms with Crippen LogP contribution < -0.4 is 17.0 Å². The van der Waals surface area contributed by atoms with Crippen LogP contribution in [0.5, 0.6) is 0 Å². The maximum atomic E-state index is 13.1. The first-order valence-corrected chi connectivity index (χ1v) is 9.80. The summed E-state index contributed by atoms with van der Waals surface area (Å²) in [5.74, 6) is -0.524. The van der Waals surface area contributed by atoms with E-state index in [1.165, 1.54) is 14.1 Å². The predicted molar refractivity (Wildman–Crippen MR) is 113 cm³/mol. The number of anilines is 1. The molecular formula is C21H26N6O3. The van der Waals surface area contributed by atoms with Crippen LogP contribution in [0.2, 0.25) is 0 Å². The molecule has 1 fully saturated rings. The van der Waals surface area contributed by atoms with Gasteiger partial charge >= 0.3 is 5.69 Å². The number of benzene rings is 1. The maximum absolute atomic E-state index is 13.1. The van der Waals surface area contributed by atoms with Crippen LogP contribution in [-0.4, -0.2) is 56.9 Å². The van der Waals surface area contributed by atoms with Crippen molar-refractivity contribution in [3.63, 3.8) is 0 Å². The lowest BCUT2D eigenvalue weighted by Gasteiger charge is -2.39. The maximum Gasteiger partial charge on any atom is 0.332 e. The van der Waals surface area contributed by atoms with Crippen molar-refractivity contribution in [1.29, 1.82) is 5.26 Å². The van der Waals surface area contributed by atoms with Crippen LogP contribution in [0.3, 0.4) is 0 Å². The Balaban J connectivity index is 1.76. The van der Waals surface area contributed by atoms with Gasteiger partial charge in [0, 0.05) is 40.3 Å². The highest BCUT2D eigenvalue weighted by Gasteiger charge is 2.32. The van der Waals surface area contributed by atoms with Gasteiger partial charge in [-0.15, -0.1) is 0 Å². The zero-order valence-corrected chi connectivity index (χ0v) is 17.4. The van der Waals surface area contributed by atoms with Crippen molar-refractivity contribution in [3.8, 4) is 6.07 Å². The third-order valence-electron chi connectivity index (χ3n) is 5.84. The zero-order chi connectivity index (χ0) is 22.0. The molecule has 3 rings (SSSR count). The molecule has 9 nitrogen and oxygen atoms in total. The number of Topliss-reactive ketones (excluding diaryl/α,β-unsaturated/α-hetero) is 1. The van der Waals surface area contributed by atoms with Gasteiger partial charge in [0.2, 0.25) is 0 Å². The lowest BCUT2D eigenvalue weighted by molar-refractivity contribution is 0.0652. The van der Waals surface area contributed by atoms with Gasteiger partial charge in [0.05, 0.1) is 12.1 Å². The summed E-state index contributed by atoms with van der Waals surface area (Å²) in [6.45, 7) is 4.12. The van der Waals surface area contributed by atoms with Gasteiger partial charge in [0.15, 0.2) is 5.78 Å². The van der Waals surface area contributed by atoms with E-state index in [-0.39, 0.29) is 17.4 Å². The number of hydrogen-bond donors (Lipinski definition) is 1. The minimum Gasteiger partial charge on any atom is -0.384 e. The van der Waals surface area contributed by atoms with E-state index < -0.39 is 23.1 Å². The minimum atomic E-state index is -0.681. The van der Waals surface area contributed by atoms with Crippen molar-refractivity contribution in [2.75, 3.05) is 31.9 Å². The van der Waals surface area contributed by atoms with E-state index >= 15 is 0 Å². The summed E-state index contributed by atoms with van der Waals surface area (Å²) in [4.78, 5) is 41.6. The second kappa shape index (κ2) is 8.65. The Bertz CT molecular complexity index is 1090. The summed E-state index contributed by atoms with van der Waals surface area (Å²) in [7, 11) is 2.76. The van der Waals surface area contributed by atoms with Crippen molar-refractivity contribution in [1.82, 2.24) is 18.9 Å². The number of nitrogen functional groups attached to an aromatic ring is 1. The van der Waals surface area contributed by atoms with E-state index in [4.69, 9.17) is 5.73 Å². The van der Waals surface area contributed by atoms with E-state index in [2.05, 4.69) is 11.0 Å². The molecule has 1 aliphatic heterocycles. The average Bonchev–Trinajstić information content (AvgIpc) is 2.77. The van der Waals surface area contributed by atoms with Gasteiger partial charge in [-0.3, -0.25) is 28.5 Å². The third-order valence-corrected chi connectivity index (χ3v) is 5.84. The van der Waals surface area contributed by atoms with Crippen LogP contribution in [0, 0.1) is 11.3 Å². The Kier molecular flexibility index (Phi) is 6.20. The fourth-order valence-corrected chi connectivity index (χ4v) is 3.85. The Morgan fingerprint density at radius 2 is 1.60 bits per heavy atom. The summed E-state index contributed by atoms with van der Waals surface area (Å²) in [5.41, 5.74) is 5.47. The van der Waals surface area contributed by atoms with Crippen LogP contribution in [-0.2, 0) is 14.1 Å². The van der Waals surface area contributed by atoms with Gasteiger partial charge in [-0.05, 0) is 12.5 Å². The smallest absolute Gasteiger partial charge is 0.332 e. The summed E-state index contributed by atoms with van der Waals surface area (Å²) in [6, 6.07) is 11.1. The Hall–Kier alpha value is -3.22. The molecule has 1 aliphatic rings. The van der Waals surface area contributed by atoms with E-state index in [0.717, 1.165) is 14.7 Å². The fraction of sp³-hybridized carbons (Fsp3) is 0.429. The van der Waals surface area contributed by atoms with Gasteiger partial charge in [0.25, 0.3) is 5.56 Å². The molecular weight excluding hydrogens is 384 g/mol. The normalized spacial score (nSPS) is 17.3. The molecule has 1 aromatic carbocycles. The van der Waals surface area contributed by atoms with Crippen LogP contribution in [0.1, 0.15) is 28.9 Å². The lowest BCUT2D eigenvalue weighted by atomic mass is 10.0. The van der Waals surface area contributed by atoms with Gasteiger partial charge < -0.3 is 5.73 Å². The fourth-order valence-electron chi connectivity index (χ4n) is 3.85. The average molecular weight is 410 g/mol. The zero-order valence-electron chi connectivity index (χ0n) is 17.4. The van der Waals surface area contributed by atoms with Crippen molar-refractivity contribution >= 4 is 11.6 Å². The highest BCUT2D eigenvalue weighted by molar-refractivity contribution is 6.03. The molecule has 0 radical (unpaired) electrons. The molecule has 30 heavy (non-hydrogen) atoms. The van der Waals surface area contributed by atoms with Crippen molar-refractivity contribution in [3.05, 3.63) is 62.3 Å². The molecule has 2 aromatic rings. The molecule has 0 bridgehead atoms. The van der Waals surface area contributed by atoms with Crippen molar-refractivity contribution in [2.24, 2.45) is 14.1 Å². The second-order valence-electron chi connectivity index (χ2n) is 7.52. The number of carbonyl (C=O) groups excluding carboxylic acids is 1. The molecule has 2 atom stereocenters. The molecule has 0 spiro atoms. The molecule has 1 saturated heterocycles. The number of aromatic nitrogens is 2. The predicted octanol–water partition coefficient (Wildman–Crippen LogP) is 0.120. The third kappa shape index (κ3) is 3.79. The molecule has 2 heterocycles. The van der Waals surface area contributed by atoms with Crippen LogP contribution in [0.15, 0.2) is 39.9 Å². The molecule has 0 saturated carbocycles. The van der Waals surface area contributed by atoms with Crippen LogP contribution in [0.4, 0.5) is 5.82 Å². The number of nitrogens with two attached hydrogens (primary N) is 1. The number of nitriles is 1. The van der Waals surface area contributed by atoms with E-state index in [1.807, 2.05) is 35.2 Å². The molecule has 2 N–H and O–H groups in total.